The number of hydrogen-bond donors (Lipinski definition) is 2. The van der Waals surface area contributed by atoms with Crippen molar-refractivity contribution in [3.8, 4) is 0 Å². The number of rotatable bonds is 8. The van der Waals surface area contributed by atoms with Gasteiger partial charge in [0.05, 0.1) is 0 Å². The molecule has 1 aliphatic heterocycles. The highest BCUT2D eigenvalue weighted by Crippen LogP contribution is 2.12. The Labute approximate surface area is 123 Å². The maximum absolute atomic E-state index is 12.1. The van der Waals surface area contributed by atoms with Crippen molar-refractivity contribution in [2.24, 2.45) is 11.7 Å². The molecule has 0 saturated carbocycles. The van der Waals surface area contributed by atoms with Crippen LogP contribution in [0.15, 0.2) is 0 Å². The smallest absolute Gasteiger partial charge is 0.279 e. The van der Waals surface area contributed by atoms with Crippen LogP contribution in [-0.4, -0.2) is 62.9 Å². The lowest BCUT2D eigenvalue weighted by Gasteiger charge is -2.38. The first-order chi connectivity index (χ1) is 9.40. The zero-order valence-corrected chi connectivity index (χ0v) is 13.8. The van der Waals surface area contributed by atoms with E-state index in [1.165, 1.54) is 0 Å². The van der Waals surface area contributed by atoms with Crippen LogP contribution in [0.25, 0.3) is 0 Å². The maximum Gasteiger partial charge on any atom is 0.279 e. The Bertz CT molecular complexity index is 365. The summed E-state index contributed by atoms with van der Waals surface area (Å²) in [4.78, 5) is 2.32. The van der Waals surface area contributed by atoms with Gasteiger partial charge >= 0.3 is 0 Å². The summed E-state index contributed by atoms with van der Waals surface area (Å²) in [6, 6.07) is 0.383. The van der Waals surface area contributed by atoms with Crippen molar-refractivity contribution < 1.29 is 8.42 Å². The fraction of sp³-hybridized carbons (Fsp3) is 1.00. The average molecular weight is 306 g/mol. The Morgan fingerprint density at radius 3 is 2.25 bits per heavy atom. The lowest BCUT2D eigenvalue weighted by atomic mass is 10.1. The van der Waals surface area contributed by atoms with Crippen LogP contribution in [-0.2, 0) is 10.2 Å². The normalized spacial score (nSPS) is 20.4. The molecular weight excluding hydrogens is 276 g/mol. The Morgan fingerprint density at radius 1 is 1.20 bits per heavy atom. The third-order valence-corrected chi connectivity index (χ3v) is 5.27. The largest absolute Gasteiger partial charge is 0.329 e. The van der Waals surface area contributed by atoms with Crippen molar-refractivity contribution in [2.45, 2.75) is 39.7 Å². The first-order valence-corrected chi connectivity index (χ1v) is 9.03. The van der Waals surface area contributed by atoms with Gasteiger partial charge in [-0.15, -0.1) is 0 Å². The topological polar surface area (TPSA) is 78.7 Å². The van der Waals surface area contributed by atoms with Gasteiger partial charge in [0.25, 0.3) is 10.2 Å². The van der Waals surface area contributed by atoms with E-state index >= 15 is 0 Å². The zero-order valence-electron chi connectivity index (χ0n) is 13.0. The summed E-state index contributed by atoms with van der Waals surface area (Å²) in [5.41, 5.74) is 5.81. The molecule has 1 heterocycles. The monoisotopic (exact) mass is 306 g/mol. The molecule has 0 amide bonds. The first kappa shape index (κ1) is 17.8. The molecule has 0 aromatic carbocycles. The summed E-state index contributed by atoms with van der Waals surface area (Å²) < 4.78 is 28.5. The molecule has 1 aliphatic rings. The van der Waals surface area contributed by atoms with Crippen LogP contribution < -0.4 is 10.5 Å². The van der Waals surface area contributed by atoms with Gasteiger partial charge in [0, 0.05) is 45.3 Å². The standard InChI is InChI=1S/C13H30N4O2S/c1-4-5-13(10-14)16-6-8-17(9-7-16)20(18,19)15-11-12(2)3/h12-13,15H,4-11,14H2,1-3H3. The van der Waals surface area contributed by atoms with E-state index in [4.69, 9.17) is 5.73 Å². The summed E-state index contributed by atoms with van der Waals surface area (Å²) in [7, 11) is -3.32. The third kappa shape index (κ3) is 5.29. The summed E-state index contributed by atoms with van der Waals surface area (Å²) >= 11 is 0. The minimum absolute atomic E-state index is 0.317. The summed E-state index contributed by atoms with van der Waals surface area (Å²) in [6.07, 6.45) is 2.19. The fourth-order valence-corrected chi connectivity index (χ4v) is 3.83. The van der Waals surface area contributed by atoms with Crippen molar-refractivity contribution in [3.05, 3.63) is 0 Å². The van der Waals surface area contributed by atoms with Gasteiger partial charge in [-0.2, -0.15) is 12.7 Å². The molecule has 0 bridgehead atoms. The second-order valence-corrected chi connectivity index (χ2v) is 7.62. The predicted molar refractivity (Wildman–Crippen MR) is 82.7 cm³/mol. The van der Waals surface area contributed by atoms with Gasteiger partial charge in [0.2, 0.25) is 0 Å². The molecule has 120 valence electrons. The Kier molecular flexibility index (Phi) is 7.39. The van der Waals surface area contributed by atoms with E-state index in [2.05, 4.69) is 16.5 Å². The van der Waals surface area contributed by atoms with Gasteiger partial charge in [0.15, 0.2) is 0 Å². The van der Waals surface area contributed by atoms with E-state index in [0.29, 0.717) is 38.1 Å². The first-order valence-electron chi connectivity index (χ1n) is 7.59. The maximum atomic E-state index is 12.1. The van der Waals surface area contributed by atoms with Crippen LogP contribution in [0.3, 0.4) is 0 Å². The van der Waals surface area contributed by atoms with Crippen molar-refractivity contribution in [1.82, 2.24) is 13.9 Å². The van der Waals surface area contributed by atoms with Gasteiger partial charge in [-0.3, -0.25) is 4.90 Å². The van der Waals surface area contributed by atoms with Crippen LogP contribution in [0, 0.1) is 5.92 Å². The van der Waals surface area contributed by atoms with E-state index in [1.807, 2.05) is 13.8 Å². The highest BCUT2D eigenvalue weighted by molar-refractivity contribution is 7.87. The predicted octanol–water partition coefficient (Wildman–Crippen LogP) is 0.222. The molecule has 1 fully saturated rings. The second-order valence-electron chi connectivity index (χ2n) is 5.86. The average Bonchev–Trinajstić information content (AvgIpc) is 2.43. The van der Waals surface area contributed by atoms with Crippen molar-refractivity contribution >= 4 is 10.2 Å². The summed E-state index contributed by atoms with van der Waals surface area (Å²) in [6.45, 7) is 9.92. The molecule has 0 radical (unpaired) electrons. The Balaban J connectivity index is 2.48. The third-order valence-electron chi connectivity index (χ3n) is 3.70. The van der Waals surface area contributed by atoms with Crippen molar-refractivity contribution in [3.63, 3.8) is 0 Å². The van der Waals surface area contributed by atoms with Crippen LogP contribution >= 0.6 is 0 Å². The molecule has 1 rings (SSSR count). The molecule has 3 N–H and O–H groups in total. The van der Waals surface area contributed by atoms with Gasteiger partial charge in [-0.1, -0.05) is 27.2 Å². The molecule has 6 nitrogen and oxygen atoms in total. The SMILES string of the molecule is CCCC(CN)N1CCN(S(=O)(=O)NCC(C)C)CC1. The molecule has 0 spiro atoms. The molecule has 0 aromatic rings. The molecular formula is C13H30N4O2S. The molecule has 0 aromatic heterocycles. The lowest BCUT2D eigenvalue weighted by molar-refractivity contribution is 0.133. The minimum Gasteiger partial charge on any atom is -0.329 e. The van der Waals surface area contributed by atoms with Gasteiger partial charge in [-0.25, -0.2) is 4.72 Å². The van der Waals surface area contributed by atoms with Crippen molar-refractivity contribution in [2.75, 3.05) is 39.3 Å². The number of nitrogens with one attached hydrogen (secondary N) is 1. The molecule has 7 heteroatoms. The summed E-state index contributed by atoms with van der Waals surface area (Å²) in [5, 5.41) is 0. The quantitative estimate of drug-likeness (QED) is 0.672. The number of piperazine rings is 1. The highest BCUT2D eigenvalue weighted by Gasteiger charge is 2.29. The van der Waals surface area contributed by atoms with Crippen LogP contribution in [0.1, 0.15) is 33.6 Å². The van der Waals surface area contributed by atoms with Gasteiger partial charge in [0.1, 0.15) is 0 Å². The zero-order chi connectivity index (χ0) is 15.2. The molecule has 1 saturated heterocycles. The molecule has 1 atom stereocenters. The minimum atomic E-state index is -3.32. The Hall–Kier alpha value is -0.210. The molecule has 1 unspecified atom stereocenters. The van der Waals surface area contributed by atoms with Gasteiger partial charge < -0.3 is 5.73 Å². The molecule has 20 heavy (non-hydrogen) atoms. The van der Waals surface area contributed by atoms with E-state index in [-0.39, 0.29) is 0 Å². The van der Waals surface area contributed by atoms with Crippen LogP contribution in [0.4, 0.5) is 0 Å². The fourth-order valence-electron chi connectivity index (χ4n) is 2.46. The molecule has 0 aliphatic carbocycles. The van der Waals surface area contributed by atoms with E-state index in [9.17, 15) is 8.42 Å². The number of nitrogens with zero attached hydrogens (tertiary/aromatic N) is 2. The number of hydrogen-bond acceptors (Lipinski definition) is 4. The van der Waals surface area contributed by atoms with Crippen LogP contribution in [0.2, 0.25) is 0 Å². The number of nitrogens with two attached hydrogens (primary N) is 1. The highest BCUT2D eigenvalue weighted by atomic mass is 32.2. The van der Waals surface area contributed by atoms with Crippen LogP contribution in [0.5, 0.6) is 0 Å². The van der Waals surface area contributed by atoms with Crippen molar-refractivity contribution in [1.29, 1.82) is 0 Å². The summed E-state index contributed by atoms with van der Waals surface area (Å²) in [5.74, 6) is 0.317. The van der Waals surface area contributed by atoms with E-state index in [1.54, 1.807) is 4.31 Å². The second kappa shape index (κ2) is 8.29. The van der Waals surface area contributed by atoms with Gasteiger partial charge in [-0.05, 0) is 12.3 Å². The lowest BCUT2D eigenvalue weighted by Crippen LogP contribution is -2.55. The van der Waals surface area contributed by atoms with E-state index < -0.39 is 10.2 Å². The Morgan fingerprint density at radius 2 is 1.80 bits per heavy atom. The van der Waals surface area contributed by atoms with E-state index in [0.717, 1.165) is 25.9 Å².